The van der Waals surface area contributed by atoms with Crippen molar-refractivity contribution in [3.05, 3.63) is 108 Å². The van der Waals surface area contributed by atoms with Crippen LogP contribution in [0, 0.1) is 0 Å². The monoisotopic (exact) mass is 464 g/mol. The van der Waals surface area contributed by atoms with E-state index in [-0.39, 0.29) is 13.2 Å². The van der Waals surface area contributed by atoms with Gasteiger partial charge in [0.25, 0.3) is 0 Å². The summed E-state index contributed by atoms with van der Waals surface area (Å²) in [5.41, 5.74) is 3.08. The molecule has 180 valence electrons. The summed E-state index contributed by atoms with van der Waals surface area (Å²) in [6.45, 7) is 0.916. The van der Waals surface area contributed by atoms with Crippen LogP contribution in [0.15, 0.2) is 91.0 Å². The highest BCUT2D eigenvalue weighted by molar-refractivity contribution is 5.15. The summed E-state index contributed by atoms with van der Waals surface area (Å²) < 4.78 is 30.7. The Hall–Kier alpha value is -2.58. The van der Waals surface area contributed by atoms with Crippen molar-refractivity contribution in [2.75, 3.05) is 20.3 Å². The second-order valence-corrected chi connectivity index (χ2v) is 8.30. The summed E-state index contributed by atoms with van der Waals surface area (Å²) in [5, 5.41) is 10.3. The van der Waals surface area contributed by atoms with E-state index in [1.807, 2.05) is 91.0 Å². The zero-order valence-electron chi connectivity index (χ0n) is 19.4. The molecule has 1 N–H and O–H groups in total. The minimum absolute atomic E-state index is 0.200. The van der Waals surface area contributed by atoms with Gasteiger partial charge in [0.1, 0.15) is 24.9 Å². The number of methoxy groups -OCH3 is 1. The lowest BCUT2D eigenvalue weighted by atomic mass is 9.96. The van der Waals surface area contributed by atoms with Gasteiger partial charge in [-0.25, -0.2) is 0 Å². The SMILES string of the molecule is COC1(CO)OC[C@@H](OCc2ccccc2)[C@@H](OCc2ccccc2)[C@H]1OCc1ccccc1. The first-order valence-corrected chi connectivity index (χ1v) is 11.5. The molecule has 1 aliphatic rings. The smallest absolute Gasteiger partial charge is 0.221 e. The summed E-state index contributed by atoms with van der Waals surface area (Å²) in [6, 6.07) is 29.7. The van der Waals surface area contributed by atoms with Gasteiger partial charge in [-0.1, -0.05) is 91.0 Å². The van der Waals surface area contributed by atoms with Crippen LogP contribution in [0.25, 0.3) is 0 Å². The van der Waals surface area contributed by atoms with Gasteiger partial charge in [0.15, 0.2) is 0 Å². The molecule has 3 aromatic rings. The van der Waals surface area contributed by atoms with Crippen LogP contribution < -0.4 is 0 Å². The van der Waals surface area contributed by atoms with E-state index in [9.17, 15) is 5.11 Å². The summed E-state index contributed by atoms with van der Waals surface area (Å²) in [7, 11) is 1.51. The molecule has 4 atom stereocenters. The Kier molecular flexibility index (Phi) is 8.82. The van der Waals surface area contributed by atoms with Crippen molar-refractivity contribution in [3.63, 3.8) is 0 Å². The Morgan fingerprint density at radius 2 is 1.21 bits per heavy atom. The Bertz CT molecular complexity index is 962. The highest BCUT2D eigenvalue weighted by Crippen LogP contribution is 2.34. The van der Waals surface area contributed by atoms with Gasteiger partial charge in [-0.15, -0.1) is 0 Å². The van der Waals surface area contributed by atoms with Crippen molar-refractivity contribution in [2.45, 2.75) is 43.9 Å². The number of benzene rings is 3. The molecular weight excluding hydrogens is 432 g/mol. The van der Waals surface area contributed by atoms with Crippen molar-refractivity contribution in [2.24, 2.45) is 0 Å². The van der Waals surface area contributed by atoms with E-state index in [4.69, 9.17) is 23.7 Å². The summed E-state index contributed by atoms with van der Waals surface area (Å²) in [5.74, 6) is -1.36. The van der Waals surface area contributed by atoms with E-state index in [2.05, 4.69) is 0 Å². The van der Waals surface area contributed by atoms with Crippen LogP contribution in [0.3, 0.4) is 0 Å². The molecule has 0 amide bonds. The van der Waals surface area contributed by atoms with Gasteiger partial charge in [0.05, 0.1) is 26.4 Å². The van der Waals surface area contributed by atoms with Gasteiger partial charge in [-0.05, 0) is 16.7 Å². The third kappa shape index (κ3) is 6.10. The second-order valence-electron chi connectivity index (χ2n) is 8.30. The molecule has 0 saturated carbocycles. The predicted octanol–water partition coefficient (Wildman–Crippen LogP) is 4.11. The molecule has 1 fully saturated rings. The third-order valence-electron chi connectivity index (χ3n) is 6.02. The first-order valence-electron chi connectivity index (χ1n) is 11.5. The van der Waals surface area contributed by atoms with Crippen molar-refractivity contribution in [3.8, 4) is 0 Å². The largest absolute Gasteiger partial charge is 0.391 e. The summed E-state index contributed by atoms with van der Waals surface area (Å²) in [6.07, 6.45) is -1.67. The van der Waals surface area contributed by atoms with E-state index in [0.29, 0.717) is 19.8 Å². The number of ether oxygens (including phenoxy) is 5. The first-order chi connectivity index (χ1) is 16.7. The molecule has 0 spiro atoms. The highest BCUT2D eigenvalue weighted by atomic mass is 16.7. The molecule has 3 aromatic carbocycles. The Labute approximate surface area is 201 Å². The lowest BCUT2D eigenvalue weighted by Gasteiger charge is -2.47. The van der Waals surface area contributed by atoms with Crippen LogP contribution in [0.4, 0.5) is 0 Å². The minimum Gasteiger partial charge on any atom is -0.391 e. The molecule has 0 aromatic heterocycles. The maximum atomic E-state index is 10.3. The lowest BCUT2D eigenvalue weighted by Crippen LogP contribution is -2.65. The van der Waals surface area contributed by atoms with Crippen molar-refractivity contribution >= 4 is 0 Å². The number of hydrogen-bond acceptors (Lipinski definition) is 6. The van der Waals surface area contributed by atoms with Crippen molar-refractivity contribution < 1.29 is 28.8 Å². The fourth-order valence-electron chi connectivity index (χ4n) is 4.08. The molecule has 0 aliphatic carbocycles. The standard InChI is InChI=1S/C28H32O6/c1-30-28(21-29)27(33-19-24-15-9-4-10-16-24)26(32-18-23-13-7-3-8-14-23)25(20-34-28)31-17-22-11-5-2-6-12-22/h2-16,25-27,29H,17-21H2,1H3/t25-,26-,27-,28?/m1/s1. The van der Waals surface area contributed by atoms with E-state index in [0.717, 1.165) is 16.7 Å². The van der Waals surface area contributed by atoms with Gasteiger partial charge in [0.2, 0.25) is 5.79 Å². The van der Waals surface area contributed by atoms with E-state index in [1.54, 1.807) is 0 Å². The van der Waals surface area contributed by atoms with Gasteiger partial charge >= 0.3 is 0 Å². The summed E-state index contributed by atoms with van der Waals surface area (Å²) >= 11 is 0. The Morgan fingerprint density at radius 3 is 1.68 bits per heavy atom. The zero-order chi connectivity index (χ0) is 23.6. The molecule has 6 nitrogen and oxygen atoms in total. The molecular formula is C28H32O6. The minimum atomic E-state index is -1.36. The molecule has 1 unspecified atom stereocenters. The van der Waals surface area contributed by atoms with E-state index < -0.39 is 24.1 Å². The van der Waals surface area contributed by atoms with E-state index >= 15 is 0 Å². The van der Waals surface area contributed by atoms with Crippen LogP contribution in [0.1, 0.15) is 16.7 Å². The van der Waals surface area contributed by atoms with E-state index in [1.165, 1.54) is 7.11 Å². The molecule has 0 bridgehead atoms. The van der Waals surface area contributed by atoms with Gasteiger partial charge in [-0.3, -0.25) is 0 Å². The Morgan fingerprint density at radius 1 is 0.735 bits per heavy atom. The van der Waals surface area contributed by atoms with Gasteiger partial charge in [-0.2, -0.15) is 0 Å². The van der Waals surface area contributed by atoms with Crippen molar-refractivity contribution in [1.82, 2.24) is 0 Å². The number of aliphatic hydroxyl groups excluding tert-OH is 1. The van der Waals surface area contributed by atoms with Gasteiger partial charge < -0.3 is 28.8 Å². The van der Waals surface area contributed by atoms with Gasteiger partial charge in [0, 0.05) is 7.11 Å². The molecule has 1 heterocycles. The van der Waals surface area contributed by atoms with Crippen LogP contribution in [-0.4, -0.2) is 49.5 Å². The molecule has 0 radical (unpaired) electrons. The molecule has 34 heavy (non-hydrogen) atoms. The van der Waals surface area contributed by atoms with Crippen LogP contribution >= 0.6 is 0 Å². The van der Waals surface area contributed by atoms with Crippen LogP contribution in [-0.2, 0) is 43.5 Å². The quantitative estimate of drug-likeness (QED) is 0.461. The maximum Gasteiger partial charge on any atom is 0.221 e. The third-order valence-corrected chi connectivity index (χ3v) is 6.02. The lowest BCUT2D eigenvalue weighted by molar-refractivity contribution is -0.360. The normalized spacial score (nSPS) is 24.7. The van der Waals surface area contributed by atoms with Crippen molar-refractivity contribution in [1.29, 1.82) is 0 Å². The fraction of sp³-hybridized carbons (Fsp3) is 0.357. The average molecular weight is 465 g/mol. The fourth-order valence-corrected chi connectivity index (χ4v) is 4.08. The first kappa shape index (κ1) is 24.5. The summed E-state index contributed by atoms with van der Waals surface area (Å²) in [4.78, 5) is 0. The average Bonchev–Trinajstić information content (AvgIpc) is 2.91. The molecule has 4 rings (SSSR count). The number of hydrogen-bond donors (Lipinski definition) is 1. The highest BCUT2D eigenvalue weighted by Gasteiger charge is 2.53. The topological polar surface area (TPSA) is 66.4 Å². The maximum absolute atomic E-state index is 10.3. The Balaban J connectivity index is 1.56. The number of rotatable bonds is 11. The second kappa shape index (κ2) is 12.2. The molecule has 1 aliphatic heterocycles. The molecule has 1 saturated heterocycles. The number of aliphatic hydroxyl groups is 1. The van der Waals surface area contributed by atoms with Crippen LogP contribution in [0.5, 0.6) is 0 Å². The van der Waals surface area contributed by atoms with Crippen LogP contribution in [0.2, 0.25) is 0 Å². The zero-order valence-corrected chi connectivity index (χ0v) is 19.4. The predicted molar refractivity (Wildman–Crippen MR) is 128 cm³/mol. The molecule has 6 heteroatoms.